The average molecular weight is 278 g/mol. The molecule has 1 unspecified atom stereocenters. The van der Waals surface area contributed by atoms with Crippen LogP contribution in [0.25, 0.3) is 0 Å². The summed E-state index contributed by atoms with van der Waals surface area (Å²) < 4.78 is 0. The number of thioether (sulfide) groups is 1. The SMILES string of the molecule is CSCC(NCC1CCN(C)CC1)c1ccccc1. The Kier molecular flexibility index (Phi) is 6.21. The lowest BCUT2D eigenvalue weighted by molar-refractivity contribution is 0.213. The molecule has 1 aromatic carbocycles. The lowest BCUT2D eigenvalue weighted by Crippen LogP contribution is -2.36. The van der Waals surface area contributed by atoms with E-state index in [0.717, 1.165) is 18.2 Å². The summed E-state index contributed by atoms with van der Waals surface area (Å²) in [6.07, 6.45) is 4.86. The highest BCUT2D eigenvalue weighted by Gasteiger charge is 2.18. The average Bonchev–Trinajstić information content (AvgIpc) is 2.46. The Labute approximate surface area is 122 Å². The van der Waals surface area contributed by atoms with E-state index in [1.165, 1.54) is 31.5 Å². The van der Waals surface area contributed by atoms with Crippen molar-refractivity contribution in [2.75, 3.05) is 38.7 Å². The van der Waals surface area contributed by atoms with Crippen molar-refractivity contribution in [2.24, 2.45) is 5.92 Å². The van der Waals surface area contributed by atoms with E-state index in [9.17, 15) is 0 Å². The molecule has 0 amide bonds. The molecular weight excluding hydrogens is 252 g/mol. The van der Waals surface area contributed by atoms with Gasteiger partial charge in [-0.15, -0.1) is 0 Å². The van der Waals surface area contributed by atoms with Crippen LogP contribution in [0.3, 0.4) is 0 Å². The molecule has 2 rings (SSSR count). The number of nitrogens with zero attached hydrogens (tertiary/aromatic N) is 1. The summed E-state index contributed by atoms with van der Waals surface area (Å²) in [5, 5.41) is 3.78. The van der Waals surface area contributed by atoms with E-state index < -0.39 is 0 Å². The van der Waals surface area contributed by atoms with Crippen LogP contribution in [-0.4, -0.2) is 43.6 Å². The maximum Gasteiger partial charge on any atom is 0.0411 e. The third-order valence-electron chi connectivity index (χ3n) is 4.03. The molecule has 0 saturated carbocycles. The van der Waals surface area contributed by atoms with Crippen LogP contribution in [0.5, 0.6) is 0 Å². The molecule has 0 spiro atoms. The van der Waals surface area contributed by atoms with E-state index >= 15 is 0 Å². The van der Waals surface area contributed by atoms with Crippen molar-refractivity contribution in [3.63, 3.8) is 0 Å². The Morgan fingerprint density at radius 1 is 1.26 bits per heavy atom. The van der Waals surface area contributed by atoms with Gasteiger partial charge in [-0.05, 0) is 57.3 Å². The smallest absolute Gasteiger partial charge is 0.0411 e. The highest BCUT2D eigenvalue weighted by Crippen LogP contribution is 2.20. The molecule has 1 aliphatic rings. The zero-order valence-electron chi connectivity index (χ0n) is 12.1. The number of rotatable bonds is 6. The van der Waals surface area contributed by atoms with Crippen molar-refractivity contribution in [2.45, 2.75) is 18.9 Å². The third kappa shape index (κ3) is 4.83. The molecule has 1 atom stereocenters. The summed E-state index contributed by atoms with van der Waals surface area (Å²) in [6.45, 7) is 3.67. The highest BCUT2D eigenvalue weighted by atomic mass is 32.2. The fraction of sp³-hybridized carbons (Fsp3) is 0.625. The van der Waals surface area contributed by atoms with Crippen LogP contribution in [-0.2, 0) is 0 Å². The Morgan fingerprint density at radius 2 is 1.95 bits per heavy atom. The summed E-state index contributed by atoms with van der Waals surface area (Å²) in [6, 6.07) is 11.3. The summed E-state index contributed by atoms with van der Waals surface area (Å²) in [5.74, 6) is 2.00. The maximum absolute atomic E-state index is 3.78. The van der Waals surface area contributed by atoms with Gasteiger partial charge in [-0.25, -0.2) is 0 Å². The number of nitrogens with one attached hydrogen (secondary N) is 1. The van der Waals surface area contributed by atoms with Gasteiger partial charge in [0, 0.05) is 11.8 Å². The number of benzene rings is 1. The second-order valence-electron chi connectivity index (χ2n) is 5.57. The van der Waals surface area contributed by atoms with Crippen molar-refractivity contribution < 1.29 is 0 Å². The van der Waals surface area contributed by atoms with Gasteiger partial charge >= 0.3 is 0 Å². The first-order valence-electron chi connectivity index (χ1n) is 7.25. The Bertz CT molecular complexity index is 347. The minimum Gasteiger partial charge on any atom is -0.309 e. The van der Waals surface area contributed by atoms with Crippen LogP contribution >= 0.6 is 11.8 Å². The molecule has 19 heavy (non-hydrogen) atoms. The van der Waals surface area contributed by atoms with Crippen LogP contribution in [0.15, 0.2) is 30.3 Å². The van der Waals surface area contributed by atoms with E-state index in [0.29, 0.717) is 6.04 Å². The van der Waals surface area contributed by atoms with Gasteiger partial charge in [0.15, 0.2) is 0 Å². The lowest BCUT2D eigenvalue weighted by atomic mass is 9.96. The molecule has 1 aliphatic heterocycles. The normalized spacial score (nSPS) is 19.5. The largest absolute Gasteiger partial charge is 0.309 e. The molecule has 0 bridgehead atoms. The molecule has 1 saturated heterocycles. The van der Waals surface area contributed by atoms with Crippen molar-refractivity contribution >= 4 is 11.8 Å². The topological polar surface area (TPSA) is 15.3 Å². The summed E-state index contributed by atoms with van der Waals surface area (Å²) in [5.41, 5.74) is 1.42. The zero-order valence-corrected chi connectivity index (χ0v) is 13.0. The number of hydrogen-bond donors (Lipinski definition) is 1. The van der Waals surface area contributed by atoms with E-state index in [4.69, 9.17) is 0 Å². The van der Waals surface area contributed by atoms with Crippen molar-refractivity contribution in [1.29, 1.82) is 0 Å². The fourth-order valence-corrected chi connectivity index (χ4v) is 3.34. The molecule has 1 heterocycles. The first-order chi connectivity index (χ1) is 9.29. The lowest BCUT2D eigenvalue weighted by Gasteiger charge is -2.30. The van der Waals surface area contributed by atoms with Gasteiger partial charge in [0.05, 0.1) is 0 Å². The highest BCUT2D eigenvalue weighted by molar-refractivity contribution is 7.98. The fourth-order valence-electron chi connectivity index (χ4n) is 2.70. The van der Waals surface area contributed by atoms with Gasteiger partial charge in [0.25, 0.3) is 0 Å². The molecule has 1 N–H and O–H groups in total. The van der Waals surface area contributed by atoms with E-state index in [2.05, 4.69) is 53.9 Å². The molecule has 1 fully saturated rings. The van der Waals surface area contributed by atoms with Crippen LogP contribution in [0, 0.1) is 5.92 Å². The minimum absolute atomic E-state index is 0.496. The number of likely N-dealkylation sites (tertiary alicyclic amines) is 1. The van der Waals surface area contributed by atoms with Gasteiger partial charge in [-0.3, -0.25) is 0 Å². The number of hydrogen-bond acceptors (Lipinski definition) is 3. The maximum atomic E-state index is 3.78. The van der Waals surface area contributed by atoms with Crippen LogP contribution < -0.4 is 5.32 Å². The Balaban J connectivity index is 1.84. The zero-order chi connectivity index (χ0) is 13.5. The second kappa shape index (κ2) is 7.93. The standard InChI is InChI=1S/C16H26N2S/c1-18-10-8-14(9-11-18)12-17-16(13-19-2)15-6-4-3-5-7-15/h3-7,14,16-17H,8-13H2,1-2H3. The molecule has 0 aromatic heterocycles. The van der Waals surface area contributed by atoms with Crippen molar-refractivity contribution in [3.8, 4) is 0 Å². The van der Waals surface area contributed by atoms with Crippen molar-refractivity contribution in [3.05, 3.63) is 35.9 Å². The number of piperidine rings is 1. The summed E-state index contributed by atoms with van der Waals surface area (Å²) in [7, 11) is 2.23. The molecule has 0 radical (unpaired) electrons. The predicted octanol–water partition coefficient (Wildman–Crippen LogP) is 3.02. The van der Waals surface area contributed by atoms with Gasteiger partial charge in [-0.1, -0.05) is 30.3 Å². The Hall–Kier alpha value is -0.510. The third-order valence-corrected chi connectivity index (χ3v) is 4.69. The first-order valence-corrected chi connectivity index (χ1v) is 8.65. The predicted molar refractivity (Wildman–Crippen MR) is 85.8 cm³/mol. The van der Waals surface area contributed by atoms with E-state index in [-0.39, 0.29) is 0 Å². The van der Waals surface area contributed by atoms with Gasteiger partial charge in [0.2, 0.25) is 0 Å². The molecule has 106 valence electrons. The minimum atomic E-state index is 0.496. The van der Waals surface area contributed by atoms with Crippen LogP contribution in [0.4, 0.5) is 0 Å². The summed E-state index contributed by atoms with van der Waals surface area (Å²) in [4.78, 5) is 2.44. The Morgan fingerprint density at radius 3 is 2.58 bits per heavy atom. The molecule has 0 aliphatic carbocycles. The van der Waals surface area contributed by atoms with Crippen molar-refractivity contribution in [1.82, 2.24) is 10.2 Å². The van der Waals surface area contributed by atoms with E-state index in [1.807, 2.05) is 11.8 Å². The van der Waals surface area contributed by atoms with E-state index in [1.54, 1.807) is 0 Å². The van der Waals surface area contributed by atoms with Crippen LogP contribution in [0.2, 0.25) is 0 Å². The van der Waals surface area contributed by atoms with Crippen LogP contribution in [0.1, 0.15) is 24.4 Å². The van der Waals surface area contributed by atoms with Gasteiger partial charge in [0.1, 0.15) is 0 Å². The summed E-state index contributed by atoms with van der Waals surface area (Å²) >= 11 is 1.92. The van der Waals surface area contributed by atoms with Gasteiger partial charge in [-0.2, -0.15) is 11.8 Å². The monoisotopic (exact) mass is 278 g/mol. The first kappa shape index (κ1) is 14.9. The molecule has 2 nitrogen and oxygen atoms in total. The van der Waals surface area contributed by atoms with Gasteiger partial charge < -0.3 is 10.2 Å². The molecular formula is C16H26N2S. The molecule has 3 heteroatoms. The second-order valence-corrected chi connectivity index (χ2v) is 6.48. The molecule has 1 aromatic rings. The quantitative estimate of drug-likeness (QED) is 0.861.